The van der Waals surface area contributed by atoms with Crippen molar-refractivity contribution in [1.82, 2.24) is 0 Å². The smallest absolute Gasteiger partial charge is 0.263 e. The minimum absolute atomic E-state index is 0.0383. The minimum atomic E-state index is -1.14. The Balaban J connectivity index is 1.87. The van der Waals surface area contributed by atoms with Crippen molar-refractivity contribution >= 4 is 17.3 Å². The molecule has 0 radical (unpaired) electrons. The van der Waals surface area contributed by atoms with E-state index in [-0.39, 0.29) is 22.7 Å². The summed E-state index contributed by atoms with van der Waals surface area (Å²) in [7, 11) is 0. The summed E-state index contributed by atoms with van der Waals surface area (Å²) in [5.74, 6) is 0.722. The van der Waals surface area contributed by atoms with Gasteiger partial charge in [-0.1, -0.05) is 24.3 Å². The topological polar surface area (TPSA) is 95.3 Å². The van der Waals surface area contributed by atoms with Crippen LogP contribution in [-0.4, -0.2) is 11.1 Å². The summed E-state index contributed by atoms with van der Waals surface area (Å²) in [5.41, 5.74) is 1.55. The molecule has 0 saturated heterocycles. The fourth-order valence-electron chi connectivity index (χ4n) is 2.83. The van der Waals surface area contributed by atoms with Gasteiger partial charge in [-0.2, -0.15) is 5.23 Å². The highest BCUT2D eigenvalue weighted by molar-refractivity contribution is 6.10. The van der Waals surface area contributed by atoms with Crippen LogP contribution in [0.25, 0.3) is 0 Å². The van der Waals surface area contributed by atoms with Crippen LogP contribution < -0.4 is 20.0 Å². The molecule has 1 atom stereocenters. The van der Waals surface area contributed by atoms with E-state index in [1.165, 1.54) is 12.1 Å². The van der Waals surface area contributed by atoms with Gasteiger partial charge in [-0.15, -0.1) is 0 Å². The van der Waals surface area contributed by atoms with Gasteiger partial charge < -0.3 is 20.0 Å². The molecule has 7 heteroatoms. The van der Waals surface area contributed by atoms with E-state index in [0.717, 1.165) is 5.56 Å². The summed E-state index contributed by atoms with van der Waals surface area (Å²) in [6.07, 6.45) is 0. The van der Waals surface area contributed by atoms with E-state index in [1.54, 1.807) is 36.4 Å². The Kier molecular flexibility index (Phi) is 4.25. The highest BCUT2D eigenvalue weighted by Gasteiger charge is 2.27. The zero-order valence-electron chi connectivity index (χ0n) is 14.4. The second-order valence-electron chi connectivity index (χ2n) is 6.12. The third kappa shape index (κ3) is 3.34. The molecule has 7 nitrogen and oxygen atoms in total. The summed E-state index contributed by atoms with van der Waals surface area (Å²) < 4.78 is 11.7. The van der Waals surface area contributed by atoms with Gasteiger partial charge in [0.15, 0.2) is 11.4 Å². The molecule has 27 heavy (non-hydrogen) atoms. The van der Waals surface area contributed by atoms with E-state index in [9.17, 15) is 15.2 Å². The zero-order valence-corrected chi connectivity index (χ0v) is 14.4. The van der Waals surface area contributed by atoms with Gasteiger partial charge in [0.1, 0.15) is 22.8 Å². The van der Waals surface area contributed by atoms with Crippen molar-refractivity contribution in [1.29, 1.82) is 0 Å². The third-order valence-corrected chi connectivity index (χ3v) is 4.12. The van der Waals surface area contributed by atoms with Gasteiger partial charge in [0, 0.05) is 12.1 Å². The molecule has 0 spiro atoms. The Morgan fingerprint density at radius 3 is 2.59 bits per heavy atom. The first-order valence-corrected chi connectivity index (χ1v) is 8.25. The van der Waals surface area contributed by atoms with Gasteiger partial charge in [-0.25, -0.2) is 5.21 Å². The fraction of sp³-hybridized carbons (Fsp3) is 0.0500. The molecule has 1 unspecified atom stereocenters. The first-order chi connectivity index (χ1) is 13.0. The highest BCUT2D eigenvalue weighted by Crippen LogP contribution is 2.42. The number of rotatable bonds is 3. The standard InChI is InChI=1S/C20H16N2O5/c1-12-7-8-15-16(9-12)27-18-11-13(22(24)25)10-17(19(18)20(23)21-15)26-14-5-3-2-4-6-14/h2-11,22,24H,1H3,(H,21,23). The van der Waals surface area contributed by atoms with Crippen molar-refractivity contribution in [3.63, 3.8) is 0 Å². The Labute approximate surface area is 154 Å². The van der Waals surface area contributed by atoms with Crippen LogP contribution in [0.4, 0.5) is 11.4 Å². The highest BCUT2D eigenvalue weighted by atomic mass is 16.8. The van der Waals surface area contributed by atoms with Crippen LogP contribution in [0.5, 0.6) is 23.0 Å². The van der Waals surface area contributed by atoms with Gasteiger partial charge in [-0.05, 0) is 36.8 Å². The van der Waals surface area contributed by atoms with E-state index >= 15 is 0 Å². The molecule has 1 heterocycles. The maximum atomic E-state index is 12.8. The molecule has 4 rings (SSSR count). The third-order valence-electron chi connectivity index (χ3n) is 4.12. The predicted molar refractivity (Wildman–Crippen MR) is 97.9 cm³/mol. The van der Waals surface area contributed by atoms with E-state index in [0.29, 0.717) is 17.2 Å². The molecule has 0 aliphatic carbocycles. The number of nitrogens with one attached hydrogen (secondary N) is 2. The summed E-state index contributed by atoms with van der Waals surface area (Å²) in [6.45, 7) is 1.90. The average molecular weight is 364 g/mol. The number of carbonyl (C=O) groups excluding carboxylic acids is 1. The number of anilines is 1. The van der Waals surface area contributed by atoms with Crippen molar-refractivity contribution < 1.29 is 24.7 Å². The van der Waals surface area contributed by atoms with Crippen molar-refractivity contribution in [2.45, 2.75) is 6.92 Å². The predicted octanol–water partition coefficient (Wildman–Crippen LogP) is 3.55. The van der Waals surface area contributed by atoms with Gasteiger partial charge in [-0.3, -0.25) is 4.79 Å². The molecule has 3 N–H and O–H groups in total. The number of fused-ring (bicyclic) bond motifs is 2. The lowest BCUT2D eigenvalue weighted by molar-refractivity contribution is -0.991. The fourth-order valence-corrected chi connectivity index (χ4v) is 2.83. The maximum Gasteiger partial charge on any atom is 0.263 e. The molecule has 136 valence electrons. The second-order valence-corrected chi connectivity index (χ2v) is 6.12. The summed E-state index contributed by atoms with van der Waals surface area (Å²) in [4.78, 5) is 12.8. The number of amides is 1. The van der Waals surface area contributed by atoms with Crippen LogP contribution in [0.15, 0.2) is 60.7 Å². The molecular weight excluding hydrogens is 348 g/mol. The average Bonchev–Trinajstić information content (AvgIpc) is 2.78. The lowest BCUT2D eigenvalue weighted by Crippen LogP contribution is -2.99. The van der Waals surface area contributed by atoms with Crippen LogP contribution in [0.2, 0.25) is 0 Å². The van der Waals surface area contributed by atoms with Crippen molar-refractivity contribution in [2.24, 2.45) is 0 Å². The Hall–Kier alpha value is -3.39. The zero-order chi connectivity index (χ0) is 19.0. The molecule has 0 fully saturated rings. The molecule has 1 aliphatic heterocycles. The first-order valence-electron chi connectivity index (χ1n) is 8.25. The summed E-state index contributed by atoms with van der Waals surface area (Å²) >= 11 is 0. The molecule has 0 aromatic heterocycles. The van der Waals surface area contributed by atoms with Gasteiger partial charge in [0.25, 0.3) is 5.91 Å². The SMILES string of the molecule is Cc1ccc2c(c1)Oc1cc([NH+]([O-])O)cc(Oc3ccccc3)c1C(=O)N2. The van der Waals surface area contributed by atoms with E-state index in [1.807, 2.05) is 19.1 Å². The minimum Gasteiger partial charge on any atom is -0.595 e. The van der Waals surface area contributed by atoms with Crippen LogP contribution in [-0.2, 0) is 0 Å². The molecule has 0 bridgehead atoms. The number of hydrogen-bond acceptors (Lipinski definition) is 5. The van der Waals surface area contributed by atoms with Gasteiger partial charge in [0.05, 0.1) is 5.69 Å². The molecular formula is C20H16N2O5. The second kappa shape index (κ2) is 6.73. The van der Waals surface area contributed by atoms with Crippen molar-refractivity contribution in [2.75, 3.05) is 5.32 Å². The molecule has 1 aliphatic rings. The molecule has 0 saturated carbocycles. The number of quaternary nitrogens is 1. The maximum absolute atomic E-state index is 12.8. The lowest BCUT2D eigenvalue weighted by Gasteiger charge is -2.17. The van der Waals surface area contributed by atoms with Crippen LogP contribution >= 0.6 is 0 Å². The number of aryl methyl sites for hydroxylation is 1. The van der Waals surface area contributed by atoms with Crippen molar-refractivity contribution in [3.05, 3.63) is 77.0 Å². The summed E-state index contributed by atoms with van der Waals surface area (Å²) in [6, 6.07) is 16.8. The van der Waals surface area contributed by atoms with E-state index in [4.69, 9.17) is 9.47 Å². The number of hydrogen-bond donors (Lipinski definition) is 3. The van der Waals surface area contributed by atoms with Crippen LogP contribution in [0.1, 0.15) is 15.9 Å². The van der Waals surface area contributed by atoms with Crippen LogP contribution in [0, 0.1) is 12.1 Å². The Bertz CT molecular complexity index is 1020. The van der Waals surface area contributed by atoms with E-state index in [2.05, 4.69) is 5.32 Å². The Morgan fingerprint density at radius 2 is 1.85 bits per heavy atom. The normalized spacial score (nSPS) is 13.5. The molecule has 1 amide bonds. The quantitative estimate of drug-likeness (QED) is 0.618. The largest absolute Gasteiger partial charge is 0.595 e. The number of benzene rings is 3. The lowest BCUT2D eigenvalue weighted by atomic mass is 10.1. The number of carbonyl (C=O) groups is 1. The number of para-hydroxylation sites is 1. The summed E-state index contributed by atoms with van der Waals surface area (Å²) in [5, 5.41) is 22.6. The van der Waals surface area contributed by atoms with Gasteiger partial charge >= 0.3 is 0 Å². The Morgan fingerprint density at radius 1 is 1.07 bits per heavy atom. The first kappa shape index (κ1) is 17.0. The number of ether oxygens (including phenoxy) is 2. The monoisotopic (exact) mass is 364 g/mol. The van der Waals surface area contributed by atoms with Crippen LogP contribution in [0.3, 0.4) is 0 Å². The molecule has 3 aromatic carbocycles. The van der Waals surface area contributed by atoms with Crippen molar-refractivity contribution in [3.8, 4) is 23.0 Å². The van der Waals surface area contributed by atoms with E-state index < -0.39 is 11.1 Å². The molecule has 3 aromatic rings. The van der Waals surface area contributed by atoms with Gasteiger partial charge in [0.2, 0.25) is 0 Å².